The summed E-state index contributed by atoms with van der Waals surface area (Å²) in [6, 6.07) is 14.3. The Labute approximate surface area is 258 Å². The number of rotatable bonds is 15. The summed E-state index contributed by atoms with van der Waals surface area (Å²) >= 11 is 0. The van der Waals surface area contributed by atoms with Crippen molar-refractivity contribution in [2.45, 2.75) is 37.4 Å². The Balaban J connectivity index is 1.57. The minimum absolute atomic E-state index is 0.00268. The van der Waals surface area contributed by atoms with Gasteiger partial charge < -0.3 is 47.4 Å². The second-order valence-electron chi connectivity index (χ2n) is 10.2. The van der Waals surface area contributed by atoms with Crippen LogP contribution in [-0.4, -0.2) is 81.2 Å². The van der Waals surface area contributed by atoms with Crippen LogP contribution in [0.25, 0.3) is 0 Å². The number of nitrogens with one attached hydrogen (secondary N) is 4. The minimum atomic E-state index is -1.31. The smallest absolute Gasteiger partial charge is 0.326 e. The summed E-state index contributed by atoms with van der Waals surface area (Å²) in [5.74, 6) is -4.13. The van der Waals surface area contributed by atoms with E-state index in [1.165, 1.54) is 48.5 Å². The normalized spacial score (nSPS) is 12.6. The van der Waals surface area contributed by atoms with Gasteiger partial charge in [0.25, 0.3) is 0 Å². The number of hydrogen-bond donors (Lipinski definition) is 9. The van der Waals surface area contributed by atoms with Gasteiger partial charge in [0.05, 0.1) is 19.1 Å². The van der Waals surface area contributed by atoms with Gasteiger partial charge in [-0.2, -0.15) is 0 Å². The van der Waals surface area contributed by atoms with Crippen molar-refractivity contribution in [3.05, 3.63) is 89.5 Å². The summed E-state index contributed by atoms with van der Waals surface area (Å²) in [6.07, 6.45) is 0.0465. The van der Waals surface area contributed by atoms with Gasteiger partial charge in [0.1, 0.15) is 29.3 Å². The number of aliphatic carboxylic acids is 1. The Morgan fingerprint density at radius 2 is 0.911 bits per heavy atom. The molecule has 0 unspecified atom stereocenters. The number of phenols is 3. The first-order chi connectivity index (χ1) is 21.4. The second kappa shape index (κ2) is 16.3. The van der Waals surface area contributed by atoms with Crippen LogP contribution in [0.4, 0.5) is 0 Å². The molecule has 45 heavy (non-hydrogen) atoms. The number of carboxylic acid groups (broad SMARTS) is 1. The molecule has 14 nitrogen and oxygen atoms in total. The van der Waals surface area contributed by atoms with Crippen LogP contribution in [0.2, 0.25) is 0 Å². The van der Waals surface area contributed by atoms with Crippen LogP contribution >= 0.6 is 0 Å². The summed E-state index contributed by atoms with van der Waals surface area (Å²) in [4.78, 5) is 62.4. The molecular formula is C31H35N5O9. The zero-order valence-corrected chi connectivity index (χ0v) is 24.1. The van der Waals surface area contributed by atoms with Crippen molar-refractivity contribution in [1.29, 1.82) is 0 Å². The highest BCUT2D eigenvalue weighted by Crippen LogP contribution is 2.13. The third kappa shape index (κ3) is 11.5. The van der Waals surface area contributed by atoms with E-state index in [1.807, 2.05) is 0 Å². The largest absolute Gasteiger partial charge is 0.508 e. The molecule has 3 rings (SSSR count). The number of benzene rings is 3. The van der Waals surface area contributed by atoms with E-state index in [4.69, 9.17) is 5.73 Å². The van der Waals surface area contributed by atoms with E-state index in [2.05, 4.69) is 21.3 Å². The van der Waals surface area contributed by atoms with Gasteiger partial charge in [0.15, 0.2) is 0 Å². The first-order valence-electron chi connectivity index (χ1n) is 13.9. The predicted octanol–water partition coefficient (Wildman–Crippen LogP) is -0.555. The molecule has 0 aliphatic carbocycles. The van der Waals surface area contributed by atoms with Gasteiger partial charge in [-0.25, -0.2) is 4.79 Å². The number of amides is 4. The van der Waals surface area contributed by atoms with Crippen LogP contribution in [0.5, 0.6) is 17.2 Å². The van der Waals surface area contributed by atoms with E-state index < -0.39 is 60.8 Å². The zero-order valence-electron chi connectivity index (χ0n) is 24.1. The van der Waals surface area contributed by atoms with Crippen LogP contribution in [0.15, 0.2) is 72.8 Å². The van der Waals surface area contributed by atoms with Crippen molar-refractivity contribution in [2.24, 2.45) is 5.73 Å². The lowest BCUT2D eigenvalue weighted by Crippen LogP contribution is -2.53. The van der Waals surface area contributed by atoms with Crippen LogP contribution in [0.1, 0.15) is 16.7 Å². The van der Waals surface area contributed by atoms with Crippen molar-refractivity contribution in [3.63, 3.8) is 0 Å². The molecule has 3 aromatic carbocycles. The van der Waals surface area contributed by atoms with E-state index >= 15 is 0 Å². The molecule has 0 saturated carbocycles. The fraction of sp³-hybridized carbons (Fsp3) is 0.258. The third-order valence-electron chi connectivity index (χ3n) is 6.61. The standard InChI is InChI=1S/C31H35N5O9/c32-24(13-18-1-7-21(37)8-2-18)29(42)33-16-27(40)35-25(14-19-3-9-22(38)10-4-19)30(43)34-17-28(41)36-26(31(44)45)15-20-5-11-23(39)12-6-20/h1-12,24-26,37-39H,13-17,32H2,(H,33,42)(H,34,43)(H,35,40)(H,36,41)(H,44,45)/t24-,25-,26-/m0/s1. The average molecular weight is 622 g/mol. The lowest BCUT2D eigenvalue weighted by Gasteiger charge is -2.20. The molecule has 3 aromatic rings. The quantitative estimate of drug-likeness (QED) is 0.105. The number of carbonyl (C=O) groups excluding carboxylic acids is 4. The molecule has 0 bridgehead atoms. The van der Waals surface area contributed by atoms with Gasteiger partial charge in [-0.1, -0.05) is 36.4 Å². The monoisotopic (exact) mass is 621 g/mol. The van der Waals surface area contributed by atoms with E-state index in [0.717, 1.165) is 0 Å². The molecule has 4 amide bonds. The maximum atomic E-state index is 13.1. The maximum absolute atomic E-state index is 13.1. The van der Waals surface area contributed by atoms with E-state index in [-0.39, 0.29) is 36.5 Å². The first kappa shape index (κ1) is 33.9. The van der Waals surface area contributed by atoms with Gasteiger partial charge in [0.2, 0.25) is 23.6 Å². The summed E-state index contributed by atoms with van der Waals surface area (Å²) in [6.45, 7) is -1.09. The summed E-state index contributed by atoms with van der Waals surface area (Å²) < 4.78 is 0. The lowest BCUT2D eigenvalue weighted by atomic mass is 10.0. The number of aromatic hydroxyl groups is 3. The van der Waals surface area contributed by atoms with Crippen molar-refractivity contribution >= 4 is 29.6 Å². The molecule has 0 spiro atoms. The zero-order chi connectivity index (χ0) is 32.9. The first-order valence-corrected chi connectivity index (χ1v) is 13.9. The highest BCUT2D eigenvalue weighted by atomic mass is 16.4. The molecule has 0 aliphatic rings. The lowest BCUT2D eigenvalue weighted by molar-refractivity contribution is -0.141. The van der Waals surface area contributed by atoms with Crippen LogP contribution in [0, 0.1) is 0 Å². The van der Waals surface area contributed by atoms with Crippen molar-refractivity contribution in [3.8, 4) is 17.2 Å². The second-order valence-corrected chi connectivity index (χ2v) is 10.2. The topological polar surface area (TPSA) is 240 Å². The molecule has 14 heteroatoms. The SMILES string of the molecule is N[C@@H](Cc1ccc(O)cc1)C(=O)NCC(=O)N[C@@H](Cc1ccc(O)cc1)C(=O)NCC(=O)N[C@@H](Cc1ccc(O)cc1)C(=O)O. The maximum Gasteiger partial charge on any atom is 0.326 e. The molecule has 0 saturated heterocycles. The number of carboxylic acids is 1. The van der Waals surface area contributed by atoms with E-state index in [1.54, 1.807) is 24.3 Å². The molecule has 238 valence electrons. The van der Waals surface area contributed by atoms with Crippen molar-refractivity contribution in [1.82, 2.24) is 21.3 Å². The fourth-order valence-electron chi connectivity index (χ4n) is 4.20. The Bertz CT molecular complexity index is 1480. The molecule has 0 aliphatic heterocycles. The number of nitrogens with two attached hydrogens (primary N) is 1. The highest BCUT2D eigenvalue weighted by Gasteiger charge is 2.25. The van der Waals surface area contributed by atoms with Gasteiger partial charge >= 0.3 is 5.97 Å². The molecule has 10 N–H and O–H groups in total. The van der Waals surface area contributed by atoms with Crippen molar-refractivity contribution < 1.29 is 44.4 Å². The van der Waals surface area contributed by atoms with E-state index in [9.17, 15) is 44.4 Å². The minimum Gasteiger partial charge on any atom is -0.508 e. The molecular weight excluding hydrogens is 586 g/mol. The molecule has 0 fully saturated rings. The Morgan fingerprint density at radius 3 is 1.33 bits per heavy atom. The third-order valence-corrected chi connectivity index (χ3v) is 6.61. The van der Waals surface area contributed by atoms with Crippen LogP contribution < -0.4 is 27.0 Å². The highest BCUT2D eigenvalue weighted by molar-refractivity contribution is 5.93. The Hall–Kier alpha value is -5.63. The van der Waals surface area contributed by atoms with Gasteiger partial charge in [-0.05, 0) is 59.5 Å². The van der Waals surface area contributed by atoms with Gasteiger partial charge in [-0.15, -0.1) is 0 Å². The van der Waals surface area contributed by atoms with E-state index in [0.29, 0.717) is 16.7 Å². The number of hydrogen-bond acceptors (Lipinski definition) is 9. The summed E-state index contributed by atoms with van der Waals surface area (Å²) in [5, 5.41) is 47.5. The van der Waals surface area contributed by atoms with Crippen molar-refractivity contribution in [2.75, 3.05) is 13.1 Å². The summed E-state index contributed by atoms with van der Waals surface area (Å²) in [5.41, 5.74) is 7.75. The van der Waals surface area contributed by atoms with Gasteiger partial charge in [0, 0.05) is 12.8 Å². The van der Waals surface area contributed by atoms with Crippen LogP contribution in [-0.2, 0) is 43.2 Å². The molecule has 3 atom stereocenters. The predicted molar refractivity (Wildman–Crippen MR) is 161 cm³/mol. The molecule has 0 heterocycles. The number of phenolic OH excluding ortho intramolecular Hbond substituents is 3. The molecule has 0 aromatic heterocycles. The fourth-order valence-corrected chi connectivity index (χ4v) is 4.20. The van der Waals surface area contributed by atoms with Gasteiger partial charge in [-0.3, -0.25) is 19.2 Å². The van der Waals surface area contributed by atoms with Crippen LogP contribution in [0.3, 0.4) is 0 Å². The average Bonchev–Trinajstić information content (AvgIpc) is 3.01. The Kier molecular flexibility index (Phi) is 12.3. The summed E-state index contributed by atoms with van der Waals surface area (Å²) in [7, 11) is 0. The Morgan fingerprint density at radius 1 is 0.556 bits per heavy atom. The molecule has 0 radical (unpaired) electrons. The number of carbonyl (C=O) groups is 5.